The first kappa shape index (κ1) is 21.6. The molecule has 1 aromatic rings. The predicted octanol–water partition coefficient (Wildman–Crippen LogP) is 1.06. The fourth-order valence-corrected chi connectivity index (χ4v) is 1.96. The average Bonchev–Trinajstić information content (AvgIpc) is 2.52. The number of carboxylic acid groups (broad SMARTS) is 1. The van der Waals surface area contributed by atoms with Crippen molar-refractivity contribution in [1.82, 2.24) is 5.32 Å². The Morgan fingerprint density at radius 2 is 1.37 bits per heavy atom. The second kappa shape index (κ2) is 9.90. The van der Waals surface area contributed by atoms with E-state index in [1.807, 2.05) is 0 Å². The molecular weight excluding hydrogens is 362 g/mol. The van der Waals surface area contributed by atoms with Gasteiger partial charge in [-0.15, -0.1) is 0 Å². The van der Waals surface area contributed by atoms with Gasteiger partial charge in [0.1, 0.15) is 0 Å². The molecule has 0 radical (unpaired) electrons. The lowest BCUT2D eigenvalue weighted by Crippen LogP contribution is -2.25. The van der Waals surface area contributed by atoms with Gasteiger partial charge < -0.3 is 24.6 Å². The zero-order chi connectivity index (χ0) is 20.6. The summed E-state index contributed by atoms with van der Waals surface area (Å²) in [4.78, 5) is 56.7. The van der Waals surface area contributed by atoms with Gasteiger partial charge in [0.2, 0.25) is 5.75 Å². The number of hydrogen-bond acceptors (Lipinski definition) is 8. The van der Waals surface area contributed by atoms with Crippen molar-refractivity contribution >= 4 is 29.8 Å². The zero-order valence-corrected chi connectivity index (χ0v) is 15.0. The first-order valence-corrected chi connectivity index (χ1v) is 7.83. The minimum atomic E-state index is -0.996. The van der Waals surface area contributed by atoms with E-state index in [1.54, 1.807) is 0 Å². The lowest BCUT2D eigenvalue weighted by molar-refractivity contribution is -0.137. The SMILES string of the molecule is CC(=O)Oc1cc(C(=O)NCCCC(=O)O)cc(OC(C)=O)c1OC(C)=O. The van der Waals surface area contributed by atoms with Crippen molar-refractivity contribution in [1.29, 1.82) is 0 Å². The Kier molecular flexibility index (Phi) is 7.92. The van der Waals surface area contributed by atoms with Gasteiger partial charge in [0.05, 0.1) is 0 Å². The summed E-state index contributed by atoms with van der Waals surface area (Å²) in [7, 11) is 0. The molecule has 0 aromatic heterocycles. The fraction of sp³-hybridized carbons (Fsp3) is 0.353. The van der Waals surface area contributed by atoms with Crippen LogP contribution in [0.1, 0.15) is 44.0 Å². The molecular formula is C17H19NO9. The molecule has 1 aromatic carbocycles. The van der Waals surface area contributed by atoms with E-state index in [2.05, 4.69) is 5.32 Å². The first-order chi connectivity index (χ1) is 12.6. The second-order valence-corrected chi connectivity index (χ2v) is 5.34. The number of hydrogen-bond donors (Lipinski definition) is 2. The number of benzene rings is 1. The number of carboxylic acids is 1. The van der Waals surface area contributed by atoms with Gasteiger partial charge in [-0.05, 0) is 18.6 Å². The number of carbonyl (C=O) groups is 5. The molecule has 0 fully saturated rings. The quantitative estimate of drug-likeness (QED) is 0.383. The molecule has 1 amide bonds. The van der Waals surface area contributed by atoms with Crippen LogP contribution in [-0.2, 0) is 19.2 Å². The number of rotatable bonds is 8. The van der Waals surface area contributed by atoms with Crippen LogP contribution in [0.5, 0.6) is 17.2 Å². The van der Waals surface area contributed by atoms with E-state index in [0.717, 1.165) is 32.9 Å². The summed E-state index contributed by atoms with van der Waals surface area (Å²) >= 11 is 0. The summed E-state index contributed by atoms with van der Waals surface area (Å²) in [5.74, 6) is -4.79. The summed E-state index contributed by atoms with van der Waals surface area (Å²) < 4.78 is 14.9. The van der Waals surface area contributed by atoms with E-state index in [4.69, 9.17) is 19.3 Å². The molecule has 27 heavy (non-hydrogen) atoms. The molecule has 0 aliphatic heterocycles. The van der Waals surface area contributed by atoms with Crippen LogP contribution < -0.4 is 19.5 Å². The molecule has 0 aliphatic rings. The predicted molar refractivity (Wildman–Crippen MR) is 89.6 cm³/mol. The third-order valence-corrected chi connectivity index (χ3v) is 2.89. The van der Waals surface area contributed by atoms with E-state index in [0.29, 0.717) is 0 Å². The third kappa shape index (κ3) is 7.55. The number of esters is 3. The topological polar surface area (TPSA) is 145 Å². The Labute approximate surface area is 154 Å². The van der Waals surface area contributed by atoms with Crippen molar-refractivity contribution in [2.45, 2.75) is 33.6 Å². The minimum Gasteiger partial charge on any atom is -0.481 e. The number of nitrogens with one attached hydrogen (secondary N) is 1. The maximum Gasteiger partial charge on any atom is 0.308 e. The molecule has 0 atom stereocenters. The maximum absolute atomic E-state index is 12.3. The second-order valence-electron chi connectivity index (χ2n) is 5.34. The van der Waals surface area contributed by atoms with E-state index >= 15 is 0 Å². The van der Waals surface area contributed by atoms with Crippen LogP contribution in [-0.4, -0.2) is 41.4 Å². The van der Waals surface area contributed by atoms with Crippen molar-refractivity contribution < 1.29 is 43.3 Å². The zero-order valence-electron chi connectivity index (χ0n) is 15.0. The van der Waals surface area contributed by atoms with Gasteiger partial charge in [-0.2, -0.15) is 0 Å². The first-order valence-electron chi connectivity index (χ1n) is 7.83. The maximum atomic E-state index is 12.3. The van der Waals surface area contributed by atoms with Crippen LogP contribution in [0, 0.1) is 0 Å². The van der Waals surface area contributed by atoms with Crippen LogP contribution in [0.15, 0.2) is 12.1 Å². The summed E-state index contributed by atoms with van der Waals surface area (Å²) in [6.45, 7) is 3.38. The Morgan fingerprint density at radius 1 is 0.889 bits per heavy atom. The molecule has 0 bridgehead atoms. The molecule has 2 N–H and O–H groups in total. The van der Waals surface area contributed by atoms with Crippen molar-refractivity contribution in [2.75, 3.05) is 6.54 Å². The van der Waals surface area contributed by atoms with Crippen molar-refractivity contribution in [3.05, 3.63) is 17.7 Å². The van der Waals surface area contributed by atoms with Crippen molar-refractivity contribution in [3.8, 4) is 17.2 Å². The molecule has 0 saturated carbocycles. The molecule has 0 unspecified atom stereocenters. The molecule has 1 rings (SSSR count). The fourth-order valence-electron chi connectivity index (χ4n) is 1.96. The molecule has 146 valence electrons. The van der Waals surface area contributed by atoms with E-state index in [1.165, 1.54) is 0 Å². The highest BCUT2D eigenvalue weighted by Gasteiger charge is 2.22. The van der Waals surface area contributed by atoms with Crippen LogP contribution in [0.4, 0.5) is 0 Å². The number of amides is 1. The molecule has 0 aliphatic carbocycles. The Hall–Kier alpha value is -3.43. The molecule has 0 spiro atoms. The van der Waals surface area contributed by atoms with Gasteiger partial charge in [0, 0.05) is 39.3 Å². The van der Waals surface area contributed by atoms with E-state index in [9.17, 15) is 24.0 Å². The number of ether oxygens (including phenoxy) is 3. The molecule has 10 nitrogen and oxygen atoms in total. The highest BCUT2D eigenvalue weighted by Crippen LogP contribution is 2.39. The molecule has 10 heteroatoms. The largest absolute Gasteiger partial charge is 0.481 e. The lowest BCUT2D eigenvalue weighted by atomic mass is 10.1. The minimum absolute atomic E-state index is 0.0475. The Bertz CT molecular complexity index is 733. The Balaban J connectivity index is 3.21. The molecule has 0 saturated heterocycles. The van der Waals surface area contributed by atoms with Crippen molar-refractivity contribution in [2.24, 2.45) is 0 Å². The standard InChI is InChI=1S/C17H19NO9/c1-9(19)25-13-7-12(17(24)18-6-4-5-15(22)23)8-14(26-10(2)20)16(13)27-11(3)21/h7-8H,4-6H2,1-3H3,(H,18,24)(H,22,23). The van der Waals surface area contributed by atoms with E-state index < -0.39 is 29.8 Å². The number of aliphatic carboxylic acids is 1. The van der Waals surface area contributed by atoms with Gasteiger partial charge in [0.25, 0.3) is 5.91 Å². The van der Waals surface area contributed by atoms with Gasteiger partial charge in [-0.1, -0.05) is 0 Å². The summed E-state index contributed by atoms with van der Waals surface area (Å²) in [6, 6.07) is 2.28. The monoisotopic (exact) mass is 381 g/mol. The normalized spacial score (nSPS) is 9.89. The highest BCUT2D eigenvalue weighted by atomic mass is 16.6. The van der Waals surface area contributed by atoms with Crippen molar-refractivity contribution in [3.63, 3.8) is 0 Å². The third-order valence-electron chi connectivity index (χ3n) is 2.89. The van der Waals surface area contributed by atoms with Gasteiger partial charge in [-0.25, -0.2) is 0 Å². The lowest BCUT2D eigenvalue weighted by Gasteiger charge is -2.15. The summed E-state index contributed by atoms with van der Waals surface area (Å²) in [6.07, 6.45) is 0.0866. The van der Waals surface area contributed by atoms with Crippen LogP contribution in [0.25, 0.3) is 0 Å². The highest BCUT2D eigenvalue weighted by molar-refractivity contribution is 5.96. The average molecular weight is 381 g/mol. The van der Waals surface area contributed by atoms with Crippen LogP contribution in [0.2, 0.25) is 0 Å². The van der Waals surface area contributed by atoms with Gasteiger partial charge in [-0.3, -0.25) is 24.0 Å². The number of carbonyl (C=O) groups excluding carboxylic acids is 4. The Morgan fingerprint density at radius 3 is 1.78 bits per heavy atom. The molecule has 0 heterocycles. The summed E-state index contributed by atoms with van der Waals surface area (Å²) in [5, 5.41) is 11.1. The van der Waals surface area contributed by atoms with Crippen LogP contribution in [0.3, 0.4) is 0 Å². The van der Waals surface area contributed by atoms with E-state index in [-0.39, 0.29) is 42.2 Å². The smallest absolute Gasteiger partial charge is 0.308 e. The van der Waals surface area contributed by atoms with Crippen LogP contribution >= 0.6 is 0 Å². The van der Waals surface area contributed by atoms with Gasteiger partial charge in [0.15, 0.2) is 11.5 Å². The summed E-state index contributed by atoms with van der Waals surface area (Å²) in [5.41, 5.74) is -0.0475. The van der Waals surface area contributed by atoms with Gasteiger partial charge >= 0.3 is 23.9 Å².